The summed E-state index contributed by atoms with van der Waals surface area (Å²) in [5.74, 6) is -3.00. The molecule has 0 unspecified atom stereocenters. The van der Waals surface area contributed by atoms with Crippen LogP contribution in [-0.2, 0) is 71.3 Å². The Morgan fingerprint density at radius 1 is 0.471 bits per heavy atom. The molecule has 2 amide bonds. The Morgan fingerprint density at radius 3 is 1.20 bits per heavy atom. The molecule has 2 radical (unpaired) electrons. The number of esters is 4. The van der Waals surface area contributed by atoms with Crippen LogP contribution in [0.15, 0.2) is 0 Å². The Balaban J connectivity index is 3.92. The molecule has 0 aliphatic rings. The van der Waals surface area contributed by atoms with Crippen LogP contribution in [0.3, 0.4) is 0 Å². The number of nitrogens with zero attached hydrogens (tertiary/aromatic N) is 1. The number of amides is 2. The molecule has 0 saturated carbocycles. The van der Waals surface area contributed by atoms with E-state index in [1.54, 1.807) is 0 Å². The van der Waals surface area contributed by atoms with E-state index in [0.717, 1.165) is 0 Å². The number of nitrogens with one attached hydrogen (secondary N) is 2. The van der Waals surface area contributed by atoms with Gasteiger partial charge in [0.05, 0.1) is 45.3 Å². The van der Waals surface area contributed by atoms with Crippen LogP contribution in [0.2, 0.25) is 0 Å². The fraction of sp³-hybridized carbons (Fsp3) is 0.767. The summed E-state index contributed by atoms with van der Waals surface area (Å²) in [5.41, 5.74) is -0.667. The monoisotopic (exact) mass is 735 g/mol. The average Bonchev–Trinajstić information content (AvgIpc) is 3.08. The fourth-order valence-electron chi connectivity index (χ4n) is 3.24. The van der Waals surface area contributed by atoms with Gasteiger partial charge in [-0.05, 0) is 12.8 Å². The van der Waals surface area contributed by atoms with Crippen LogP contribution < -0.4 is 10.6 Å². The van der Waals surface area contributed by atoms with Gasteiger partial charge in [0.2, 0.25) is 0 Å². The van der Waals surface area contributed by atoms with Crippen LogP contribution >= 0.6 is 0 Å². The van der Waals surface area contributed by atoms with E-state index >= 15 is 0 Å². The number of carbonyl (C=O) groups is 7. The number of hydrogen-bond donors (Lipinski definition) is 2. The van der Waals surface area contributed by atoms with Gasteiger partial charge in [0.15, 0.2) is 7.85 Å². The van der Waals surface area contributed by atoms with Gasteiger partial charge < -0.3 is 62.8 Å². The second-order valence-corrected chi connectivity index (χ2v) is 9.96. The van der Waals surface area contributed by atoms with Crippen LogP contribution in [0, 0.1) is 0 Å². The van der Waals surface area contributed by atoms with Crippen molar-refractivity contribution < 1.29 is 80.9 Å². The van der Waals surface area contributed by atoms with Gasteiger partial charge in [-0.15, -0.1) is 0 Å². The maximum absolute atomic E-state index is 11.9. The Morgan fingerprint density at radius 2 is 0.843 bits per heavy atom. The maximum atomic E-state index is 11.9. The molecule has 0 atom stereocenters. The van der Waals surface area contributed by atoms with Gasteiger partial charge in [0.25, 0.3) is 0 Å². The second kappa shape index (κ2) is 33.1. The lowest BCUT2D eigenvalue weighted by molar-refractivity contribution is -0.157. The van der Waals surface area contributed by atoms with Crippen molar-refractivity contribution in [3.63, 3.8) is 0 Å². The summed E-state index contributed by atoms with van der Waals surface area (Å²) in [6, 6.07) is 0. The molecule has 0 heterocycles. The first-order valence-corrected chi connectivity index (χ1v) is 16.3. The Kier molecular flexibility index (Phi) is 30.5. The van der Waals surface area contributed by atoms with Crippen molar-refractivity contribution in [2.75, 3.05) is 125 Å². The van der Waals surface area contributed by atoms with E-state index in [0.29, 0.717) is 26.1 Å². The maximum Gasteiger partial charge on any atom is 0.407 e. The van der Waals surface area contributed by atoms with Crippen LogP contribution in [0.25, 0.3) is 0 Å². The zero-order valence-electron chi connectivity index (χ0n) is 29.3. The number of hydrogen-bond acceptors (Lipinski definition) is 18. The van der Waals surface area contributed by atoms with Gasteiger partial charge >= 0.3 is 36.1 Å². The molecule has 0 saturated heterocycles. The van der Waals surface area contributed by atoms with Crippen molar-refractivity contribution in [1.29, 1.82) is 0 Å². The number of carbonyl (C=O) groups excluding carboxylic acids is 7. The van der Waals surface area contributed by atoms with E-state index in [1.807, 2.05) is 13.8 Å². The van der Waals surface area contributed by atoms with Crippen molar-refractivity contribution in [3.05, 3.63) is 0 Å². The molecule has 51 heavy (non-hydrogen) atoms. The largest absolute Gasteiger partial charge is 0.463 e. The smallest absolute Gasteiger partial charge is 0.407 e. The number of alkyl carbamates (subject to hydrolysis) is 2. The molecule has 21 heteroatoms. The lowest BCUT2D eigenvalue weighted by Gasteiger charge is -2.20. The van der Waals surface area contributed by atoms with E-state index in [2.05, 4.69) is 10.6 Å². The van der Waals surface area contributed by atoms with E-state index < -0.39 is 68.2 Å². The second-order valence-electron chi connectivity index (χ2n) is 9.96. The standard InChI is InChI=1S/C30H50BN3O17/c1-3-9-50-29(40)32-5-11-42-15-17-48-27(38)22-44-20-25(36)46-13-7-34(19-24(31)35)8-14-47-26(37)21-45-23-28(39)49-18-16-43-12-6-33-30(41)51-10-4-2/h3-23H2,1-2H3,(H,32,40)(H,33,41). The summed E-state index contributed by atoms with van der Waals surface area (Å²) in [5, 5.41) is 4.99. The van der Waals surface area contributed by atoms with Crippen molar-refractivity contribution in [2.45, 2.75) is 26.7 Å². The summed E-state index contributed by atoms with van der Waals surface area (Å²) in [7, 11) is 5.25. The minimum Gasteiger partial charge on any atom is -0.463 e. The van der Waals surface area contributed by atoms with E-state index in [4.69, 9.17) is 55.2 Å². The SMILES string of the molecule is [B]C(=O)CN(CCOC(=O)COCC(=O)OCCOCCNC(=O)OCCC)CCOC(=O)COCC(=O)OCCOCCNC(=O)OCCC. The predicted octanol–water partition coefficient (Wildman–Crippen LogP) is -1.50. The predicted molar refractivity (Wildman–Crippen MR) is 174 cm³/mol. The molecular formula is C30H50BN3O17. The average molecular weight is 736 g/mol. The molecule has 0 aromatic carbocycles. The van der Waals surface area contributed by atoms with Gasteiger partial charge in [-0.25, -0.2) is 28.8 Å². The summed E-state index contributed by atoms with van der Waals surface area (Å²) < 4.78 is 49.8. The van der Waals surface area contributed by atoms with Gasteiger partial charge in [0, 0.05) is 32.7 Å². The van der Waals surface area contributed by atoms with Gasteiger partial charge in [0.1, 0.15) is 52.9 Å². The van der Waals surface area contributed by atoms with Gasteiger partial charge in [-0.3, -0.25) is 4.90 Å². The molecule has 2 N–H and O–H groups in total. The molecule has 0 aliphatic carbocycles. The van der Waals surface area contributed by atoms with E-state index in [-0.39, 0.29) is 85.6 Å². The highest BCUT2D eigenvalue weighted by Gasteiger charge is 2.13. The fourth-order valence-corrected chi connectivity index (χ4v) is 3.24. The van der Waals surface area contributed by atoms with Crippen molar-refractivity contribution >= 4 is 49.6 Å². The number of rotatable bonds is 32. The van der Waals surface area contributed by atoms with Gasteiger partial charge in [-0.2, -0.15) is 0 Å². The highest BCUT2D eigenvalue weighted by Crippen LogP contribution is 1.94. The molecular weight excluding hydrogens is 685 g/mol. The lowest BCUT2D eigenvalue weighted by Crippen LogP contribution is -2.36. The molecule has 20 nitrogen and oxygen atoms in total. The molecule has 0 aromatic rings. The molecule has 0 bridgehead atoms. The zero-order valence-corrected chi connectivity index (χ0v) is 29.3. The third kappa shape index (κ3) is 32.9. The summed E-state index contributed by atoms with van der Waals surface area (Å²) >= 11 is 0. The van der Waals surface area contributed by atoms with Crippen LogP contribution in [0.1, 0.15) is 26.7 Å². The lowest BCUT2D eigenvalue weighted by atomic mass is 10.0. The Hall–Kier alpha value is -4.05. The van der Waals surface area contributed by atoms with E-state index in [9.17, 15) is 33.6 Å². The molecule has 0 aromatic heterocycles. The highest BCUT2D eigenvalue weighted by molar-refractivity contribution is 6.58. The van der Waals surface area contributed by atoms with E-state index in [1.165, 1.54) is 4.90 Å². The van der Waals surface area contributed by atoms with Crippen LogP contribution in [0.4, 0.5) is 9.59 Å². The minimum absolute atomic E-state index is 0.0576. The first-order valence-electron chi connectivity index (χ1n) is 16.3. The van der Waals surface area contributed by atoms with Crippen molar-refractivity contribution in [3.8, 4) is 0 Å². The first-order chi connectivity index (χ1) is 24.6. The molecule has 0 rings (SSSR count). The molecule has 0 spiro atoms. The van der Waals surface area contributed by atoms with Crippen molar-refractivity contribution in [1.82, 2.24) is 15.5 Å². The van der Waals surface area contributed by atoms with Crippen molar-refractivity contribution in [2.24, 2.45) is 0 Å². The third-order valence-electron chi connectivity index (χ3n) is 5.49. The Bertz CT molecular complexity index is 950. The zero-order chi connectivity index (χ0) is 38.0. The molecule has 0 aliphatic heterocycles. The minimum atomic E-state index is -0.775. The topological polar surface area (TPSA) is 239 Å². The summed E-state index contributed by atoms with van der Waals surface area (Å²) in [6.45, 7) is 2.85. The Labute approximate surface area is 298 Å². The molecule has 290 valence electrons. The number of ether oxygens (including phenoxy) is 10. The summed E-state index contributed by atoms with van der Waals surface area (Å²) in [6.07, 6.45) is 0.348. The normalized spacial score (nSPS) is 10.6. The molecule has 0 fully saturated rings. The summed E-state index contributed by atoms with van der Waals surface area (Å²) in [4.78, 5) is 82.6. The van der Waals surface area contributed by atoms with Crippen LogP contribution in [0.5, 0.6) is 0 Å². The van der Waals surface area contributed by atoms with Crippen LogP contribution in [-0.4, -0.2) is 180 Å². The first kappa shape index (κ1) is 47.0. The highest BCUT2D eigenvalue weighted by atomic mass is 16.6. The van der Waals surface area contributed by atoms with Gasteiger partial charge in [-0.1, -0.05) is 13.8 Å². The quantitative estimate of drug-likeness (QED) is 0.0346. The third-order valence-corrected chi connectivity index (χ3v) is 5.49.